The summed E-state index contributed by atoms with van der Waals surface area (Å²) in [5, 5.41) is -0.281. The Morgan fingerprint density at radius 1 is 1.77 bits per heavy atom. The summed E-state index contributed by atoms with van der Waals surface area (Å²) in [6.07, 6.45) is 1.56. The highest BCUT2D eigenvalue weighted by Gasteiger charge is 2.29. The van der Waals surface area contributed by atoms with Crippen molar-refractivity contribution in [2.75, 3.05) is 17.3 Å². The number of thioether (sulfide) groups is 2. The van der Waals surface area contributed by atoms with Crippen LogP contribution in [0.15, 0.2) is 12.7 Å². The largest absolute Gasteiger partial charge is 0.452 e. The monoisotopic (exact) mass is 238 g/mol. The number of hydrogen-bond donors (Lipinski definition) is 0. The van der Waals surface area contributed by atoms with Crippen molar-refractivity contribution in [3.8, 4) is 0 Å². The van der Waals surface area contributed by atoms with Gasteiger partial charge in [0, 0.05) is 17.3 Å². The van der Waals surface area contributed by atoms with Gasteiger partial charge in [-0.25, -0.2) is 4.79 Å². The van der Waals surface area contributed by atoms with Gasteiger partial charge < -0.3 is 4.74 Å². The highest BCUT2D eigenvalue weighted by atomic mass is 35.5. The van der Waals surface area contributed by atoms with Crippen molar-refractivity contribution >= 4 is 40.4 Å². The van der Waals surface area contributed by atoms with Crippen LogP contribution < -0.4 is 0 Å². The van der Waals surface area contributed by atoms with Gasteiger partial charge >= 0.3 is 5.30 Å². The molecule has 1 rings (SSSR count). The van der Waals surface area contributed by atoms with Crippen molar-refractivity contribution in [1.82, 2.24) is 0 Å². The van der Waals surface area contributed by atoms with E-state index >= 15 is 0 Å². The van der Waals surface area contributed by atoms with Gasteiger partial charge in [-0.1, -0.05) is 6.08 Å². The third-order valence-electron chi connectivity index (χ3n) is 1.53. The summed E-state index contributed by atoms with van der Waals surface area (Å²) in [5.74, 6) is 2.27. The molecular weight excluding hydrogens is 228 g/mol. The van der Waals surface area contributed by atoms with Crippen LogP contribution in [0.5, 0.6) is 0 Å². The predicted molar refractivity (Wildman–Crippen MR) is 59.9 cm³/mol. The Hall–Kier alpha value is 0.200. The Bertz CT molecular complexity index is 199. The van der Waals surface area contributed by atoms with Crippen LogP contribution in [-0.2, 0) is 4.74 Å². The lowest BCUT2D eigenvalue weighted by atomic mass is 10.3. The fourth-order valence-corrected chi connectivity index (χ4v) is 2.97. The molecule has 0 saturated carbocycles. The maximum Gasteiger partial charge on any atom is 0.367 e. The Kier molecular flexibility index (Phi) is 5.06. The normalized spacial score (nSPS) is 27.2. The highest BCUT2D eigenvalue weighted by molar-refractivity contribution is 8.13. The first-order valence-corrected chi connectivity index (χ1v) is 6.48. The summed E-state index contributed by atoms with van der Waals surface area (Å²) in [5.41, 5.74) is 0. The molecule has 0 N–H and O–H groups in total. The molecule has 5 heteroatoms. The third kappa shape index (κ3) is 3.83. The van der Waals surface area contributed by atoms with Crippen molar-refractivity contribution in [1.29, 1.82) is 0 Å². The molecule has 2 atom stereocenters. The molecule has 0 radical (unpaired) electrons. The maximum absolute atomic E-state index is 11.1. The van der Waals surface area contributed by atoms with Gasteiger partial charge in [0.2, 0.25) is 0 Å². The molecule has 1 saturated heterocycles. The number of carbonyl (C=O) groups excluding carboxylic acids is 1. The summed E-state index contributed by atoms with van der Waals surface area (Å²) >= 11 is 8.76. The molecule has 0 aromatic carbocycles. The van der Waals surface area contributed by atoms with Crippen molar-refractivity contribution in [3.63, 3.8) is 0 Å². The molecule has 1 aliphatic heterocycles. The Labute approximate surface area is 91.4 Å². The lowest BCUT2D eigenvalue weighted by Crippen LogP contribution is -2.24. The maximum atomic E-state index is 11.1. The molecule has 74 valence electrons. The third-order valence-corrected chi connectivity index (χ3v) is 4.04. The first-order valence-electron chi connectivity index (χ1n) is 3.90. The fraction of sp³-hybridized carbons (Fsp3) is 0.625. The molecule has 0 unspecified atom stereocenters. The lowest BCUT2D eigenvalue weighted by molar-refractivity contribution is 0.138. The predicted octanol–water partition coefficient (Wildman–Crippen LogP) is 2.77. The van der Waals surface area contributed by atoms with E-state index in [1.165, 1.54) is 0 Å². The zero-order valence-corrected chi connectivity index (χ0v) is 9.46. The quantitative estimate of drug-likeness (QED) is 0.429. The van der Waals surface area contributed by atoms with Gasteiger partial charge in [0.25, 0.3) is 0 Å². The first-order chi connectivity index (χ1) is 6.24. The van der Waals surface area contributed by atoms with E-state index in [-0.39, 0.29) is 16.8 Å². The van der Waals surface area contributed by atoms with E-state index in [1.807, 2.05) is 0 Å². The molecule has 2 nitrogen and oxygen atoms in total. The average molecular weight is 239 g/mol. The van der Waals surface area contributed by atoms with Crippen LogP contribution in [0.1, 0.15) is 0 Å². The number of halogens is 1. The minimum Gasteiger partial charge on any atom is -0.452 e. The first kappa shape index (κ1) is 11.3. The number of rotatable bonds is 3. The fourth-order valence-electron chi connectivity index (χ4n) is 0.901. The van der Waals surface area contributed by atoms with Gasteiger partial charge in [-0.3, -0.25) is 0 Å². The van der Waals surface area contributed by atoms with Gasteiger partial charge in [0.05, 0.1) is 5.38 Å². The summed E-state index contributed by atoms with van der Waals surface area (Å²) < 4.78 is 5.15. The lowest BCUT2D eigenvalue weighted by Gasteiger charge is -2.12. The Balaban J connectivity index is 2.22. The number of ether oxygens (including phenoxy) is 1. The molecule has 1 fully saturated rings. The summed E-state index contributed by atoms with van der Waals surface area (Å²) in [7, 11) is 0. The minimum absolute atomic E-state index is 0.0294. The van der Waals surface area contributed by atoms with E-state index in [0.717, 1.165) is 23.3 Å². The van der Waals surface area contributed by atoms with Crippen molar-refractivity contribution < 1.29 is 9.53 Å². The Morgan fingerprint density at radius 3 is 3.08 bits per heavy atom. The molecule has 1 heterocycles. The van der Waals surface area contributed by atoms with Crippen molar-refractivity contribution in [2.45, 2.75) is 11.5 Å². The molecular formula is C8H11ClO2S2. The van der Waals surface area contributed by atoms with Crippen molar-refractivity contribution in [3.05, 3.63) is 12.7 Å². The second kappa shape index (κ2) is 5.83. The molecule has 0 aromatic heterocycles. The van der Waals surface area contributed by atoms with Crippen molar-refractivity contribution in [2.24, 2.45) is 0 Å². The molecule has 13 heavy (non-hydrogen) atoms. The van der Waals surface area contributed by atoms with Crippen LogP contribution in [0.4, 0.5) is 4.79 Å². The van der Waals surface area contributed by atoms with Gasteiger partial charge in [-0.2, -0.15) is 11.8 Å². The van der Waals surface area contributed by atoms with Crippen LogP contribution >= 0.6 is 35.1 Å². The zero-order chi connectivity index (χ0) is 9.68. The summed E-state index contributed by atoms with van der Waals surface area (Å²) in [4.78, 5) is 11.1. The Morgan fingerprint density at radius 2 is 2.54 bits per heavy atom. The van der Waals surface area contributed by atoms with E-state index < -0.39 is 0 Å². The van der Waals surface area contributed by atoms with Gasteiger partial charge in [0.15, 0.2) is 0 Å². The summed E-state index contributed by atoms with van der Waals surface area (Å²) in [6.45, 7) is 3.52. The molecule has 0 amide bonds. The van der Waals surface area contributed by atoms with Crippen LogP contribution in [0, 0.1) is 0 Å². The standard InChI is InChI=1S/C8H11ClO2S2/c1-2-3-13-8(10)11-7-5-12-4-6(7)9/h2,6-7H,1,3-5H2/t6-,7-/m0/s1. The zero-order valence-electron chi connectivity index (χ0n) is 7.07. The second-order valence-corrected chi connectivity index (χ2v) is 5.15. The van der Waals surface area contributed by atoms with Gasteiger partial charge in [0.1, 0.15) is 6.10 Å². The van der Waals surface area contributed by atoms with Crippen LogP contribution in [-0.4, -0.2) is 34.0 Å². The SMILES string of the molecule is C=CCSC(=O)O[C@H]1CSC[C@@H]1Cl. The number of hydrogen-bond acceptors (Lipinski definition) is 4. The molecule has 0 bridgehead atoms. The number of alkyl halides is 1. The molecule has 1 aliphatic rings. The van der Waals surface area contributed by atoms with E-state index in [1.54, 1.807) is 17.8 Å². The van der Waals surface area contributed by atoms with Crippen LogP contribution in [0.2, 0.25) is 0 Å². The van der Waals surface area contributed by atoms with Crippen LogP contribution in [0.25, 0.3) is 0 Å². The minimum atomic E-state index is -0.252. The highest BCUT2D eigenvalue weighted by Crippen LogP contribution is 2.26. The van der Waals surface area contributed by atoms with E-state index in [4.69, 9.17) is 16.3 Å². The van der Waals surface area contributed by atoms with Crippen LogP contribution in [0.3, 0.4) is 0 Å². The van der Waals surface area contributed by atoms with E-state index in [0.29, 0.717) is 5.75 Å². The number of carbonyl (C=O) groups is 1. The molecule has 0 aliphatic carbocycles. The van der Waals surface area contributed by atoms with Gasteiger partial charge in [-0.15, -0.1) is 18.2 Å². The van der Waals surface area contributed by atoms with E-state index in [2.05, 4.69) is 6.58 Å². The van der Waals surface area contributed by atoms with Gasteiger partial charge in [-0.05, 0) is 11.8 Å². The smallest absolute Gasteiger partial charge is 0.367 e. The topological polar surface area (TPSA) is 26.3 Å². The molecule has 0 spiro atoms. The average Bonchev–Trinajstić information content (AvgIpc) is 2.48. The summed E-state index contributed by atoms with van der Waals surface area (Å²) in [6, 6.07) is 0. The van der Waals surface area contributed by atoms with E-state index in [9.17, 15) is 4.79 Å². The molecule has 0 aromatic rings. The second-order valence-electron chi connectivity index (χ2n) is 2.56.